The highest BCUT2D eigenvalue weighted by Gasteiger charge is 2.13. The zero-order chi connectivity index (χ0) is 25.2. The molecule has 4 aliphatic rings. The van der Waals surface area contributed by atoms with Gasteiger partial charge in [0, 0.05) is 29.9 Å². The summed E-state index contributed by atoms with van der Waals surface area (Å²) in [7, 11) is 0. The number of amides is 2. The van der Waals surface area contributed by atoms with Crippen molar-refractivity contribution >= 4 is 17.5 Å². The Morgan fingerprint density at radius 3 is 1.39 bits per heavy atom. The van der Waals surface area contributed by atoms with E-state index in [0.29, 0.717) is 69.5 Å². The predicted octanol–water partition coefficient (Wildman–Crippen LogP) is 3.19. The maximum absolute atomic E-state index is 12.7. The molecule has 3 aromatic rings. The molecule has 0 atom stereocenters. The van der Waals surface area contributed by atoms with Crippen LogP contribution in [0.4, 0.5) is 5.69 Å². The number of carbonyl (C=O) groups excluding carboxylic acids is 2. The summed E-state index contributed by atoms with van der Waals surface area (Å²) in [5.41, 5.74) is 11.0. The fraction of sp³-hybridized carbons (Fsp3) is 0.286. The first-order chi connectivity index (χ1) is 17.6. The monoisotopic (exact) mass is 489 g/mol. The fourth-order valence-corrected chi connectivity index (χ4v) is 3.71. The second-order valence-electron chi connectivity index (χ2n) is 8.56. The summed E-state index contributed by atoms with van der Waals surface area (Å²) in [4.78, 5) is 25.5. The standard InChI is InChI=1S/C28H31N3O5/c29-26-14-24-13-25(15-26)28(33)31-17-21-3-7-23(8-4-21)19-36-12-10-34-9-11-35-18-22-5-1-20(2-6-22)16-30-27(24)32/h1-8,13-15H,9-12,16-19,29H2,(H,30,32)(H,31,33). The lowest BCUT2D eigenvalue weighted by Gasteiger charge is -2.11. The molecule has 0 saturated carbocycles. The van der Waals surface area contributed by atoms with E-state index in [1.807, 2.05) is 48.5 Å². The molecule has 4 N–H and O–H groups in total. The number of hydrogen-bond acceptors (Lipinski definition) is 6. The summed E-state index contributed by atoms with van der Waals surface area (Å²) in [5, 5.41) is 5.77. The van der Waals surface area contributed by atoms with E-state index >= 15 is 0 Å². The summed E-state index contributed by atoms with van der Waals surface area (Å²) in [6.07, 6.45) is 0. The van der Waals surface area contributed by atoms with E-state index in [4.69, 9.17) is 19.9 Å². The summed E-state index contributed by atoms with van der Waals surface area (Å²) < 4.78 is 16.9. The zero-order valence-corrected chi connectivity index (χ0v) is 20.1. The number of nitrogens with one attached hydrogen (secondary N) is 2. The minimum atomic E-state index is -0.303. The minimum absolute atomic E-state index is 0.303. The number of ether oxygens (including phenoxy) is 3. The molecule has 0 aromatic heterocycles. The third-order valence-corrected chi connectivity index (χ3v) is 5.71. The molecule has 3 aromatic carbocycles. The van der Waals surface area contributed by atoms with Gasteiger partial charge in [-0.15, -0.1) is 0 Å². The Bertz CT molecular complexity index is 1080. The Morgan fingerprint density at radius 2 is 0.944 bits per heavy atom. The van der Waals surface area contributed by atoms with Crippen LogP contribution < -0.4 is 16.4 Å². The topological polar surface area (TPSA) is 112 Å². The molecule has 4 heterocycles. The van der Waals surface area contributed by atoms with E-state index in [1.54, 1.807) is 18.2 Å². The van der Waals surface area contributed by atoms with Crippen LogP contribution in [0.25, 0.3) is 0 Å². The molecule has 36 heavy (non-hydrogen) atoms. The van der Waals surface area contributed by atoms with Gasteiger partial charge in [0.1, 0.15) is 0 Å². The van der Waals surface area contributed by atoms with Crippen LogP contribution in [0.1, 0.15) is 43.0 Å². The van der Waals surface area contributed by atoms with Crippen molar-refractivity contribution < 1.29 is 23.8 Å². The van der Waals surface area contributed by atoms with Crippen LogP contribution in [-0.2, 0) is 40.5 Å². The molecule has 0 saturated heterocycles. The maximum Gasteiger partial charge on any atom is 0.251 e. The second kappa shape index (κ2) is 12.8. The molecule has 6 bridgehead atoms. The lowest BCUT2D eigenvalue weighted by molar-refractivity contribution is 0.00704. The van der Waals surface area contributed by atoms with Crippen LogP contribution in [-0.4, -0.2) is 38.2 Å². The van der Waals surface area contributed by atoms with Crippen molar-refractivity contribution in [1.29, 1.82) is 0 Å². The van der Waals surface area contributed by atoms with Crippen molar-refractivity contribution in [2.24, 2.45) is 0 Å². The average Bonchev–Trinajstić information content (AvgIpc) is 2.90. The summed E-state index contributed by atoms with van der Waals surface area (Å²) in [6.45, 7) is 3.66. The maximum atomic E-state index is 12.7. The smallest absolute Gasteiger partial charge is 0.251 e. The Morgan fingerprint density at radius 1 is 0.556 bits per heavy atom. The van der Waals surface area contributed by atoms with Crippen LogP contribution in [0, 0.1) is 0 Å². The van der Waals surface area contributed by atoms with Gasteiger partial charge in [-0.1, -0.05) is 48.5 Å². The highest BCUT2D eigenvalue weighted by molar-refractivity contribution is 6.00. The number of anilines is 1. The SMILES string of the molecule is Nc1cc2cc(c1)C(=O)NCc1ccc(cc1)COCCOCCOCc1ccc(cc1)CNC2=O. The molecule has 4 aliphatic heterocycles. The first-order valence-electron chi connectivity index (χ1n) is 11.9. The second-order valence-corrected chi connectivity index (χ2v) is 8.56. The van der Waals surface area contributed by atoms with Crippen LogP contribution in [0.3, 0.4) is 0 Å². The van der Waals surface area contributed by atoms with E-state index in [-0.39, 0.29) is 11.8 Å². The molecule has 0 aliphatic carbocycles. The quantitative estimate of drug-likeness (QED) is 0.418. The van der Waals surface area contributed by atoms with Gasteiger partial charge in [-0.3, -0.25) is 9.59 Å². The molecule has 188 valence electrons. The van der Waals surface area contributed by atoms with Crippen molar-refractivity contribution in [3.05, 3.63) is 100 Å². The molecule has 0 radical (unpaired) electrons. The van der Waals surface area contributed by atoms with Crippen molar-refractivity contribution in [1.82, 2.24) is 10.6 Å². The highest BCUT2D eigenvalue weighted by Crippen LogP contribution is 2.14. The van der Waals surface area contributed by atoms with Crippen molar-refractivity contribution in [2.45, 2.75) is 26.3 Å². The molecule has 0 fully saturated rings. The minimum Gasteiger partial charge on any atom is -0.399 e. The molecule has 0 spiro atoms. The van der Waals surface area contributed by atoms with Gasteiger partial charge in [-0.25, -0.2) is 0 Å². The number of carbonyl (C=O) groups is 2. The Labute approximate surface area is 210 Å². The summed E-state index contributed by atoms with van der Waals surface area (Å²) in [6, 6.07) is 20.3. The van der Waals surface area contributed by atoms with Gasteiger partial charge >= 0.3 is 0 Å². The van der Waals surface area contributed by atoms with E-state index < -0.39 is 0 Å². The summed E-state index contributed by atoms with van der Waals surface area (Å²) in [5.74, 6) is -0.606. The van der Waals surface area contributed by atoms with Crippen LogP contribution in [0.15, 0.2) is 66.7 Å². The van der Waals surface area contributed by atoms with Gasteiger partial charge in [0.15, 0.2) is 0 Å². The Hall–Kier alpha value is -3.72. The first-order valence-corrected chi connectivity index (χ1v) is 11.9. The van der Waals surface area contributed by atoms with Crippen molar-refractivity contribution in [2.75, 3.05) is 32.2 Å². The van der Waals surface area contributed by atoms with E-state index in [0.717, 1.165) is 22.3 Å². The highest BCUT2D eigenvalue weighted by atomic mass is 16.5. The lowest BCUT2D eigenvalue weighted by atomic mass is 10.1. The number of nitrogens with two attached hydrogens (primary N) is 1. The fourth-order valence-electron chi connectivity index (χ4n) is 3.71. The lowest BCUT2D eigenvalue weighted by Crippen LogP contribution is -2.25. The molecular weight excluding hydrogens is 458 g/mol. The molecule has 7 rings (SSSR count). The molecule has 8 heteroatoms. The molecule has 2 amide bonds. The Balaban J connectivity index is 1.45. The van der Waals surface area contributed by atoms with E-state index in [9.17, 15) is 9.59 Å². The van der Waals surface area contributed by atoms with Gasteiger partial charge in [0.2, 0.25) is 0 Å². The Kier molecular flexibility index (Phi) is 9.04. The van der Waals surface area contributed by atoms with Gasteiger partial charge in [-0.05, 0) is 40.5 Å². The van der Waals surface area contributed by atoms with E-state index in [2.05, 4.69) is 10.6 Å². The molecular formula is C28H31N3O5. The van der Waals surface area contributed by atoms with Crippen molar-refractivity contribution in [3.8, 4) is 0 Å². The van der Waals surface area contributed by atoms with Gasteiger partial charge < -0.3 is 30.6 Å². The normalized spacial score (nSPS) is 16.3. The molecule has 0 unspecified atom stereocenters. The number of hydrogen-bond donors (Lipinski definition) is 3. The zero-order valence-electron chi connectivity index (χ0n) is 20.1. The number of benzene rings is 3. The van der Waals surface area contributed by atoms with Gasteiger partial charge in [-0.2, -0.15) is 0 Å². The third kappa shape index (κ3) is 7.64. The molecule has 8 nitrogen and oxygen atoms in total. The average molecular weight is 490 g/mol. The largest absolute Gasteiger partial charge is 0.399 e. The summed E-state index contributed by atoms with van der Waals surface area (Å²) >= 11 is 0. The third-order valence-electron chi connectivity index (χ3n) is 5.71. The first kappa shape index (κ1) is 25.4. The predicted molar refractivity (Wildman–Crippen MR) is 136 cm³/mol. The van der Waals surface area contributed by atoms with E-state index in [1.165, 1.54) is 0 Å². The number of rotatable bonds is 0. The van der Waals surface area contributed by atoms with Gasteiger partial charge in [0.25, 0.3) is 11.8 Å². The van der Waals surface area contributed by atoms with Crippen molar-refractivity contribution in [3.63, 3.8) is 0 Å². The van der Waals surface area contributed by atoms with Gasteiger partial charge in [0.05, 0.1) is 39.6 Å². The number of nitrogen functional groups attached to an aromatic ring is 1. The van der Waals surface area contributed by atoms with Crippen LogP contribution in [0.2, 0.25) is 0 Å². The van der Waals surface area contributed by atoms with Crippen LogP contribution in [0.5, 0.6) is 0 Å². The van der Waals surface area contributed by atoms with Crippen LogP contribution >= 0.6 is 0 Å².